The zero-order chi connectivity index (χ0) is 20.0. The van der Waals surface area contributed by atoms with E-state index in [0.29, 0.717) is 57.8 Å². The van der Waals surface area contributed by atoms with Gasteiger partial charge >= 0.3 is 6.03 Å². The van der Waals surface area contributed by atoms with Gasteiger partial charge in [-0.1, -0.05) is 0 Å². The summed E-state index contributed by atoms with van der Waals surface area (Å²) in [5, 5.41) is 9.35. The second-order valence-electron chi connectivity index (χ2n) is 6.81. The highest BCUT2D eigenvalue weighted by atomic mass is 32.2. The lowest BCUT2D eigenvalue weighted by Crippen LogP contribution is -2.50. The molecule has 28 heavy (non-hydrogen) atoms. The average Bonchev–Trinajstić information content (AvgIpc) is 3.24. The number of urea groups is 1. The molecule has 11 heteroatoms. The lowest BCUT2D eigenvalue weighted by Gasteiger charge is -2.32. The minimum absolute atomic E-state index is 0.0400. The van der Waals surface area contributed by atoms with E-state index in [1.54, 1.807) is 11.0 Å². The lowest BCUT2D eigenvalue weighted by molar-refractivity contribution is 0.0730. The van der Waals surface area contributed by atoms with Crippen molar-refractivity contribution in [2.24, 2.45) is 0 Å². The number of rotatable bonds is 6. The van der Waals surface area contributed by atoms with Crippen molar-refractivity contribution in [2.45, 2.75) is 18.9 Å². The van der Waals surface area contributed by atoms with Crippen molar-refractivity contribution < 1.29 is 22.7 Å². The van der Waals surface area contributed by atoms with Gasteiger partial charge in [0, 0.05) is 49.7 Å². The Morgan fingerprint density at radius 1 is 1.18 bits per heavy atom. The third kappa shape index (κ3) is 5.66. The SMILES string of the molecule is O=C(NC1CCN(C(=O)NCCS(=O)(=O)N2CCOCC2)CC1)c1ccsc1. The molecule has 1 aromatic heterocycles. The predicted octanol–water partition coefficient (Wildman–Crippen LogP) is 0.314. The van der Waals surface area contributed by atoms with Crippen LogP contribution in [-0.4, -0.2) is 87.3 Å². The highest BCUT2D eigenvalue weighted by Gasteiger charge is 2.26. The number of nitrogens with zero attached hydrogens (tertiary/aromatic N) is 2. The van der Waals surface area contributed by atoms with Gasteiger partial charge in [-0.3, -0.25) is 4.79 Å². The summed E-state index contributed by atoms with van der Waals surface area (Å²) in [5.74, 6) is -0.205. The minimum atomic E-state index is -3.38. The maximum atomic E-state index is 12.3. The second kappa shape index (κ2) is 9.68. The van der Waals surface area contributed by atoms with Crippen molar-refractivity contribution in [2.75, 3.05) is 51.7 Å². The van der Waals surface area contributed by atoms with E-state index >= 15 is 0 Å². The maximum Gasteiger partial charge on any atom is 0.317 e. The van der Waals surface area contributed by atoms with E-state index in [1.807, 2.05) is 10.8 Å². The van der Waals surface area contributed by atoms with Gasteiger partial charge in [-0.2, -0.15) is 15.6 Å². The first kappa shape index (κ1) is 21.0. The fraction of sp³-hybridized carbons (Fsp3) is 0.647. The summed E-state index contributed by atoms with van der Waals surface area (Å²) in [7, 11) is -3.38. The zero-order valence-corrected chi connectivity index (χ0v) is 17.3. The zero-order valence-electron chi connectivity index (χ0n) is 15.6. The van der Waals surface area contributed by atoms with Gasteiger partial charge in [-0.05, 0) is 24.3 Å². The van der Waals surface area contributed by atoms with Crippen molar-refractivity contribution in [3.8, 4) is 0 Å². The standard InChI is InChI=1S/C17H26N4O5S2/c22-16(14-3-11-27-13-14)19-15-1-5-20(6-2-15)17(23)18-4-12-28(24,25)21-7-9-26-10-8-21/h3,11,13,15H,1-2,4-10,12H2,(H,18,23)(H,19,22). The third-order valence-electron chi connectivity index (χ3n) is 4.90. The molecule has 156 valence electrons. The highest BCUT2D eigenvalue weighted by Crippen LogP contribution is 2.13. The Labute approximate surface area is 169 Å². The molecule has 0 aliphatic carbocycles. The number of hydrogen-bond acceptors (Lipinski definition) is 6. The molecule has 0 radical (unpaired) electrons. The number of carbonyl (C=O) groups is 2. The molecule has 0 unspecified atom stereocenters. The van der Waals surface area contributed by atoms with Crippen LogP contribution in [0.25, 0.3) is 0 Å². The molecule has 3 amide bonds. The van der Waals surface area contributed by atoms with Crippen molar-refractivity contribution >= 4 is 33.3 Å². The molecule has 0 bridgehead atoms. The topological polar surface area (TPSA) is 108 Å². The molecular formula is C17H26N4O5S2. The van der Waals surface area contributed by atoms with Crippen LogP contribution in [-0.2, 0) is 14.8 Å². The molecule has 2 saturated heterocycles. The number of thiophene rings is 1. The number of piperidine rings is 1. The summed E-state index contributed by atoms with van der Waals surface area (Å²) in [6.07, 6.45) is 1.35. The summed E-state index contributed by atoms with van der Waals surface area (Å²) in [5.41, 5.74) is 0.659. The van der Waals surface area contributed by atoms with Gasteiger partial charge < -0.3 is 20.3 Å². The van der Waals surface area contributed by atoms with Crippen LogP contribution >= 0.6 is 11.3 Å². The molecule has 0 spiro atoms. The quantitative estimate of drug-likeness (QED) is 0.676. The van der Waals surface area contributed by atoms with Crippen LogP contribution in [0.1, 0.15) is 23.2 Å². The van der Waals surface area contributed by atoms with E-state index in [9.17, 15) is 18.0 Å². The van der Waals surface area contributed by atoms with E-state index in [-0.39, 0.29) is 30.3 Å². The van der Waals surface area contributed by atoms with Crippen LogP contribution in [0.15, 0.2) is 16.8 Å². The Morgan fingerprint density at radius 3 is 2.54 bits per heavy atom. The van der Waals surface area contributed by atoms with Crippen LogP contribution in [0.3, 0.4) is 0 Å². The Bertz CT molecular complexity index is 755. The Balaban J connectivity index is 1.36. The fourth-order valence-electron chi connectivity index (χ4n) is 3.24. The molecule has 0 atom stereocenters. The number of ether oxygens (including phenoxy) is 1. The molecule has 0 aromatic carbocycles. The molecule has 2 aliphatic heterocycles. The molecule has 0 saturated carbocycles. The van der Waals surface area contributed by atoms with Crippen LogP contribution in [0.5, 0.6) is 0 Å². The first-order chi connectivity index (χ1) is 13.5. The third-order valence-corrected chi connectivity index (χ3v) is 7.46. The summed E-state index contributed by atoms with van der Waals surface area (Å²) < 4.78 is 31.1. The molecular weight excluding hydrogens is 404 g/mol. The van der Waals surface area contributed by atoms with Crippen molar-refractivity contribution in [1.82, 2.24) is 19.8 Å². The van der Waals surface area contributed by atoms with Crippen LogP contribution < -0.4 is 10.6 Å². The highest BCUT2D eigenvalue weighted by molar-refractivity contribution is 7.89. The summed E-state index contributed by atoms with van der Waals surface area (Å²) in [6.45, 7) is 2.66. The predicted molar refractivity (Wildman–Crippen MR) is 106 cm³/mol. The molecule has 2 aliphatic rings. The van der Waals surface area contributed by atoms with E-state index in [1.165, 1.54) is 15.6 Å². The van der Waals surface area contributed by atoms with Crippen molar-refractivity contribution in [3.05, 3.63) is 22.4 Å². The number of carbonyl (C=O) groups excluding carboxylic acids is 2. The smallest absolute Gasteiger partial charge is 0.317 e. The van der Waals surface area contributed by atoms with E-state index < -0.39 is 10.0 Å². The normalized spacial score (nSPS) is 19.4. The van der Waals surface area contributed by atoms with Crippen LogP contribution in [0.4, 0.5) is 4.79 Å². The Morgan fingerprint density at radius 2 is 1.89 bits per heavy atom. The summed E-state index contributed by atoms with van der Waals surface area (Å²) in [4.78, 5) is 26.0. The van der Waals surface area contributed by atoms with E-state index in [0.717, 1.165) is 0 Å². The number of nitrogens with one attached hydrogen (secondary N) is 2. The maximum absolute atomic E-state index is 12.3. The number of amides is 3. The van der Waals surface area contributed by atoms with Gasteiger partial charge in [0.05, 0.1) is 19.0 Å². The Kier molecular flexibility index (Phi) is 7.27. The number of morpholine rings is 1. The van der Waals surface area contributed by atoms with Gasteiger partial charge in [0.15, 0.2) is 0 Å². The summed E-state index contributed by atoms with van der Waals surface area (Å²) in [6, 6.07) is 1.56. The monoisotopic (exact) mass is 430 g/mol. The lowest BCUT2D eigenvalue weighted by atomic mass is 10.0. The Hall–Kier alpha value is -1.69. The first-order valence-corrected chi connectivity index (χ1v) is 11.9. The minimum Gasteiger partial charge on any atom is -0.379 e. The largest absolute Gasteiger partial charge is 0.379 e. The number of hydrogen-bond donors (Lipinski definition) is 2. The molecule has 3 heterocycles. The van der Waals surface area contributed by atoms with Gasteiger partial charge in [0.25, 0.3) is 5.91 Å². The molecule has 2 N–H and O–H groups in total. The number of likely N-dealkylation sites (tertiary alicyclic amines) is 1. The molecule has 3 rings (SSSR count). The van der Waals surface area contributed by atoms with Crippen molar-refractivity contribution in [3.63, 3.8) is 0 Å². The van der Waals surface area contributed by atoms with E-state index in [4.69, 9.17) is 4.74 Å². The van der Waals surface area contributed by atoms with Gasteiger partial charge in [0.2, 0.25) is 10.0 Å². The second-order valence-corrected chi connectivity index (χ2v) is 9.67. The number of sulfonamides is 1. The molecule has 1 aromatic rings. The summed E-state index contributed by atoms with van der Waals surface area (Å²) >= 11 is 1.48. The molecule has 9 nitrogen and oxygen atoms in total. The average molecular weight is 431 g/mol. The van der Waals surface area contributed by atoms with E-state index in [2.05, 4.69) is 10.6 Å². The first-order valence-electron chi connectivity index (χ1n) is 9.37. The van der Waals surface area contributed by atoms with Crippen molar-refractivity contribution in [1.29, 1.82) is 0 Å². The fourth-order valence-corrected chi connectivity index (χ4v) is 5.20. The van der Waals surface area contributed by atoms with Crippen LogP contribution in [0.2, 0.25) is 0 Å². The van der Waals surface area contributed by atoms with Crippen LogP contribution in [0, 0.1) is 0 Å². The van der Waals surface area contributed by atoms with Gasteiger partial charge in [0.1, 0.15) is 0 Å². The molecule has 2 fully saturated rings. The van der Waals surface area contributed by atoms with Gasteiger partial charge in [-0.25, -0.2) is 13.2 Å². The van der Waals surface area contributed by atoms with Gasteiger partial charge in [-0.15, -0.1) is 0 Å².